The fourth-order valence-corrected chi connectivity index (χ4v) is 2.70. The minimum atomic E-state index is -0.471. The summed E-state index contributed by atoms with van der Waals surface area (Å²) in [6.07, 6.45) is 6.19. The Morgan fingerprint density at radius 1 is 1.32 bits per heavy atom. The van der Waals surface area contributed by atoms with E-state index in [1.807, 2.05) is 0 Å². The van der Waals surface area contributed by atoms with Gasteiger partial charge in [0, 0.05) is 32.5 Å². The Labute approximate surface area is 129 Å². The number of amides is 1. The summed E-state index contributed by atoms with van der Waals surface area (Å²) in [6, 6.07) is 0. The van der Waals surface area contributed by atoms with Crippen molar-refractivity contribution in [3.63, 3.8) is 0 Å². The lowest BCUT2D eigenvalue weighted by molar-refractivity contribution is -0.181. The smallest absolute Gasteiger partial charge is 0.274 e. The molecule has 2 aliphatic heterocycles. The highest BCUT2D eigenvalue weighted by Crippen LogP contribution is 2.31. The molecule has 0 unspecified atom stereocenters. The Hall–Kier alpha value is -1.99. The van der Waals surface area contributed by atoms with Gasteiger partial charge in [-0.25, -0.2) is 9.97 Å². The maximum Gasteiger partial charge on any atom is 0.274 e. The molecule has 0 radical (unpaired) electrons. The van der Waals surface area contributed by atoms with Gasteiger partial charge >= 0.3 is 0 Å². The van der Waals surface area contributed by atoms with Crippen LogP contribution in [0.25, 0.3) is 0 Å². The lowest BCUT2D eigenvalue weighted by Gasteiger charge is -2.37. The molecule has 7 nitrogen and oxygen atoms in total. The molecule has 1 spiro atoms. The molecule has 1 aromatic rings. The summed E-state index contributed by atoms with van der Waals surface area (Å²) in [7, 11) is 0. The number of nitrogens with one attached hydrogen (secondary N) is 1. The zero-order valence-electron chi connectivity index (χ0n) is 12.5. The molecule has 0 atom stereocenters. The lowest BCUT2D eigenvalue weighted by atomic mass is 10.0. The summed E-state index contributed by atoms with van der Waals surface area (Å²) in [5.41, 5.74) is 0.355. The van der Waals surface area contributed by atoms with Crippen molar-refractivity contribution >= 4 is 11.7 Å². The lowest BCUT2D eigenvalue weighted by Crippen LogP contribution is -2.47. The molecule has 2 saturated heterocycles. The highest BCUT2D eigenvalue weighted by Gasteiger charge is 2.41. The van der Waals surface area contributed by atoms with E-state index in [0.29, 0.717) is 57.2 Å². The Bertz CT molecular complexity index is 530. The van der Waals surface area contributed by atoms with Crippen LogP contribution in [-0.4, -0.2) is 59.4 Å². The van der Waals surface area contributed by atoms with Crippen LogP contribution in [0.4, 0.5) is 5.82 Å². The zero-order valence-corrected chi connectivity index (χ0v) is 12.5. The largest absolute Gasteiger partial charge is 0.365 e. The first kappa shape index (κ1) is 14.9. The SMILES string of the molecule is C=CCNc1cnc(C(=O)N2CCC3(CC2)OCCO3)cn1. The first-order valence-electron chi connectivity index (χ1n) is 7.46. The van der Waals surface area contributed by atoms with E-state index < -0.39 is 5.79 Å². The maximum absolute atomic E-state index is 12.4. The molecule has 0 bridgehead atoms. The van der Waals surface area contributed by atoms with Crippen molar-refractivity contribution in [1.29, 1.82) is 0 Å². The number of rotatable bonds is 4. The number of likely N-dealkylation sites (tertiary alicyclic amines) is 1. The first-order chi connectivity index (χ1) is 10.7. The Morgan fingerprint density at radius 2 is 2.05 bits per heavy atom. The third-order valence-corrected chi connectivity index (χ3v) is 3.92. The number of hydrogen-bond acceptors (Lipinski definition) is 6. The molecule has 2 fully saturated rings. The van der Waals surface area contributed by atoms with Crippen LogP contribution in [-0.2, 0) is 9.47 Å². The number of ether oxygens (including phenoxy) is 2. The van der Waals surface area contributed by atoms with Crippen LogP contribution >= 0.6 is 0 Å². The van der Waals surface area contributed by atoms with E-state index in [9.17, 15) is 4.79 Å². The van der Waals surface area contributed by atoms with Crippen LogP contribution in [0.2, 0.25) is 0 Å². The Balaban J connectivity index is 1.58. The summed E-state index contributed by atoms with van der Waals surface area (Å²) in [6.45, 7) is 6.72. The first-order valence-corrected chi connectivity index (χ1v) is 7.46. The highest BCUT2D eigenvalue weighted by atomic mass is 16.7. The molecule has 1 N–H and O–H groups in total. The van der Waals surface area contributed by atoms with Gasteiger partial charge in [0.05, 0.1) is 25.6 Å². The molecule has 0 saturated carbocycles. The quantitative estimate of drug-likeness (QED) is 0.838. The number of aromatic nitrogens is 2. The summed E-state index contributed by atoms with van der Waals surface area (Å²) >= 11 is 0. The standard InChI is InChI=1S/C15H20N4O3/c1-2-5-16-13-11-17-12(10-18-13)14(20)19-6-3-15(4-7-19)21-8-9-22-15/h2,10-11H,1,3-9H2,(H,16,18). The summed E-state index contributed by atoms with van der Waals surface area (Å²) in [4.78, 5) is 22.6. The molecule has 2 aliphatic rings. The number of piperidine rings is 1. The third-order valence-electron chi connectivity index (χ3n) is 3.92. The van der Waals surface area contributed by atoms with Gasteiger partial charge in [-0.2, -0.15) is 0 Å². The van der Waals surface area contributed by atoms with Crippen molar-refractivity contribution in [3.05, 3.63) is 30.7 Å². The van der Waals surface area contributed by atoms with E-state index in [1.54, 1.807) is 17.2 Å². The van der Waals surface area contributed by atoms with Crippen molar-refractivity contribution in [3.8, 4) is 0 Å². The molecule has 22 heavy (non-hydrogen) atoms. The minimum Gasteiger partial charge on any atom is -0.365 e. The molecule has 1 aromatic heterocycles. The highest BCUT2D eigenvalue weighted by molar-refractivity contribution is 5.92. The predicted molar refractivity (Wildman–Crippen MR) is 80.5 cm³/mol. The van der Waals surface area contributed by atoms with Crippen LogP contribution in [0.3, 0.4) is 0 Å². The van der Waals surface area contributed by atoms with E-state index in [0.717, 1.165) is 0 Å². The average Bonchev–Trinajstić information content (AvgIpc) is 3.02. The van der Waals surface area contributed by atoms with E-state index >= 15 is 0 Å². The van der Waals surface area contributed by atoms with Crippen molar-refractivity contribution < 1.29 is 14.3 Å². The van der Waals surface area contributed by atoms with Crippen LogP contribution in [0.15, 0.2) is 25.0 Å². The normalized spacial score (nSPS) is 20.1. The number of hydrogen-bond donors (Lipinski definition) is 1. The van der Waals surface area contributed by atoms with E-state index in [2.05, 4.69) is 21.9 Å². The monoisotopic (exact) mass is 304 g/mol. The van der Waals surface area contributed by atoms with E-state index in [-0.39, 0.29) is 5.91 Å². The van der Waals surface area contributed by atoms with Crippen molar-refractivity contribution in [2.75, 3.05) is 38.2 Å². The zero-order chi connectivity index (χ0) is 15.4. The van der Waals surface area contributed by atoms with Gasteiger partial charge < -0.3 is 19.7 Å². The molecular formula is C15H20N4O3. The number of carbonyl (C=O) groups excluding carboxylic acids is 1. The van der Waals surface area contributed by atoms with Crippen molar-refractivity contribution in [1.82, 2.24) is 14.9 Å². The van der Waals surface area contributed by atoms with Crippen LogP contribution < -0.4 is 5.32 Å². The van der Waals surface area contributed by atoms with Gasteiger partial charge in [0.1, 0.15) is 11.5 Å². The van der Waals surface area contributed by atoms with Gasteiger partial charge in [-0.05, 0) is 0 Å². The molecule has 3 heterocycles. The summed E-state index contributed by atoms with van der Waals surface area (Å²) in [5.74, 6) is 0.0541. The van der Waals surface area contributed by atoms with Crippen molar-refractivity contribution in [2.45, 2.75) is 18.6 Å². The molecule has 3 rings (SSSR count). The second kappa shape index (κ2) is 6.41. The van der Waals surface area contributed by atoms with Gasteiger partial charge in [0.25, 0.3) is 5.91 Å². The summed E-state index contributed by atoms with van der Waals surface area (Å²) < 4.78 is 11.3. The fourth-order valence-electron chi connectivity index (χ4n) is 2.70. The van der Waals surface area contributed by atoms with Crippen molar-refractivity contribution in [2.24, 2.45) is 0 Å². The van der Waals surface area contributed by atoms with Gasteiger partial charge in [0.2, 0.25) is 0 Å². The predicted octanol–water partition coefficient (Wildman–Crippen LogP) is 1.05. The van der Waals surface area contributed by atoms with Gasteiger partial charge in [-0.15, -0.1) is 6.58 Å². The number of carbonyl (C=O) groups is 1. The van der Waals surface area contributed by atoms with E-state index in [4.69, 9.17) is 9.47 Å². The van der Waals surface area contributed by atoms with Gasteiger partial charge in [-0.3, -0.25) is 4.79 Å². The van der Waals surface area contributed by atoms with Crippen LogP contribution in [0.1, 0.15) is 23.3 Å². The second-order valence-electron chi connectivity index (χ2n) is 5.36. The number of nitrogens with zero attached hydrogens (tertiary/aromatic N) is 3. The maximum atomic E-state index is 12.4. The summed E-state index contributed by atoms with van der Waals surface area (Å²) in [5, 5.41) is 3.02. The molecule has 118 valence electrons. The molecular weight excluding hydrogens is 284 g/mol. The Morgan fingerprint density at radius 3 is 2.64 bits per heavy atom. The van der Waals surface area contributed by atoms with Gasteiger partial charge in [-0.1, -0.05) is 6.08 Å². The molecule has 0 aromatic carbocycles. The third kappa shape index (κ3) is 3.10. The second-order valence-corrected chi connectivity index (χ2v) is 5.36. The minimum absolute atomic E-state index is 0.101. The number of anilines is 1. The Kier molecular flexibility index (Phi) is 4.35. The molecule has 1 amide bonds. The van der Waals surface area contributed by atoms with Crippen LogP contribution in [0.5, 0.6) is 0 Å². The molecule has 7 heteroatoms. The fraction of sp³-hybridized carbons (Fsp3) is 0.533. The van der Waals surface area contributed by atoms with Crippen LogP contribution in [0, 0.1) is 0 Å². The molecule has 0 aliphatic carbocycles. The average molecular weight is 304 g/mol. The topological polar surface area (TPSA) is 76.6 Å². The van der Waals surface area contributed by atoms with Gasteiger partial charge in [0.15, 0.2) is 5.79 Å². The van der Waals surface area contributed by atoms with E-state index in [1.165, 1.54) is 6.20 Å².